The first-order chi connectivity index (χ1) is 12.5. The first-order valence-electron chi connectivity index (χ1n) is 7.76. The largest absolute Gasteiger partial charge is 0.342 e. The molecule has 6 nitrogen and oxygen atoms in total. The van der Waals surface area contributed by atoms with E-state index in [1.165, 1.54) is 25.1 Å². The van der Waals surface area contributed by atoms with Gasteiger partial charge in [-0.1, -0.05) is 24.0 Å². The Morgan fingerprint density at radius 3 is 2.35 bits per heavy atom. The molecular weight excluding hydrogens is 332 g/mol. The van der Waals surface area contributed by atoms with Crippen LogP contribution in [-0.2, 0) is 4.79 Å². The van der Waals surface area contributed by atoms with Crippen molar-refractivity contribution in [2.45, 2.75) is 6.92 Å². The van der Waals surface area contributed by atoms with Crippen molar-refractivity contribution in [3.63, 3.8) is 0 Å². The molecule has 1 amide bonds. The molecule has 26 heavy (non-hydrogen) atoms. The van der Waals surface area contributed by atoms with Crippen molar-refractivity contribution >= 4 is 23.5 Å². The molecule has 6 heteroatoms. The quantitative estimate of drug-likeness (QED) is 0.296. The lowest BCUT2D eigenvalue weighted by Gasteiger charge is -1.96. The van der Waals surface area contributed by atoms with Gasteiger partial charge >= 0.3 is 0 Å². The van der Waals surface area contributed by atoms with Gasteiger partial charge in [0, 0.05) is 29.3 Å². The summed E-state index contributed by atoms with van der Waals surface area (Å²) in [7, 11) is 0. The van der Waals surface area contributed by atoms with Crippen molar-refractivity contribution in [1.82, 2.24) is 5.32 Å². The molecule has 0 bridgehead atoms. The maximum atomic E-state index is 11.7. The molecule has 0 unspecified atom stereocenters. The second-order valence-corrected chi connectivity index (χ2v) is 5.34. The van der Waals surface area contributed by atoms with E-state index in [4.69, 9.17) is 0 Å². The van der Waals surface area contributed by atoms with E-state index in [0.29, 0.717) is 11.1 Å². The van der Waals surface area contributed by atoms with Crippen molar-refractivity contribution in [3.8, 4) is 11.8 Å². The van der Waals surface area contributed by atoms with Gasteiger partial charge in [-0.2, -0.15) is 0 Å². The average molecular weight is 348 g/mol. The monoisotopic (exact) mass is 348 g/mol. The maximum Gasteiger partial charge on any atom is 0.269 e. The second kappa shape index (κ2) is 8.94. The minimum absolute atomic E-state index is 0.00166. The predicted octanol–water partition coefficient (Wildman–Crippen LogP) is 2.98. The first kappa shape index (κ1) is 18.6. The third-order valence-corrected chi connectivity index (χ3v) is 3.41. The van der Waals surface area contributed by atoms with Gasteiger partial charge in [0.15, 0.2) is 5.78 Å². The normalized spacial score (nSPS) is 10.0. The zero-order chi connectivity index (χ0) is 18.9. The van der Waals surface area contributed by atoms with Crippen LogP contribution >= 0.6 is 0 Å². The minimum Gasteiger partial charge on any atom is -0.342 e. The highest BCUT2D eigenvalue weighted by Crippen LogP contribution is 2.12. The van der Waals surface area contributed by atoms with Crippen LogP contribution in [-0.4, -0.2) is 23.2 Å². The Labute approximate surface area is 150 Å². The van der Waals surface area contributed by atoms with Crippen LogP contribution in [0.15, 0.2) is 54.6 Å². The lowest BCUT2D eigenvalue weighted by atomic mass is 10.1. The van der Waals surface area contributed by atoms with Gasteiger partial charge in [0.25, 0.3) is 5.69 Å². The van der Waals surface area contributed by atoms with Crippen molar-refractivity contribution in [3.05, 3.63) is 81.4 Å². The maximum absolute atomic E-state index is 11.7. The molecule has 0 aliphatic carbocycles. The van der Waals surface area contributed by atoms with E-state index in [9.17, 15) is 19.7 Å². The lowest BCUT2D eigenvalue weighted by Crippen LogP contribution is -2.20. The van der Waals surface area contributed by atoms with Crippen molar-refractivity contribution in [2.24, 2.45) is 0 Å². The van der Waals surface area contributed by atoms with Crippen molar-refractivity contribution in [1.29, 1.82) is 0 Å². The average Bonchev–Trinajstić information content (AvgIpc) is 2.64. The molecule has 0 aliphatic rings. The fourth-order valence-electron chi connectivity index (χ4n) is 2.00. The molecular formula is C20H16N2O4. The SMILES string of the molecule is CC(=O)c1ccc(C#CCNC(=O)/C=C/c2ccc([N+](=O)[O-])cc2)cc1. The van der Waals surface area contributed by atoms with E-state index < -0.39 is 4.92 Å². The van der Waals surface area contributed by atoms with Gasteiger partial charge in [0.2, 0.25) is 5.91 Å². The highest BCUT2D eigenvalue weighted by Gasteiger charge is 2.02. The number of nitrogens with one attached hydrogen (secondary N) is 1. The van der Waals surface area contributed by atoms with Crippen molar-refractivity contribution < 1.29 is 14.5 Å². The number of hydrogen-bond acceptors (Lipinski definition) is 4. The van der Waals surface area contributed by atoms with Crippen LogP contribution in [0.1, 0.15) is 28.4 Å². The predicted molar refractivity (Wildman–Crippen MR) is 98.5 cm³/mol. The Morgan fingerprint density at radius 2 is 1.77 bits per heavy atom. The summed E-state index contributed by atoms with van der Waals surface area (Å²) in [6.07, 6.45) is 2.90. The van der Waals surface area contributed by atoms with E-state index in [-0.39, 0.29) is 23.9 Å². The minimum atomic E-state index is -0.480. The highest BCUT2D eigenvalue weighted by atomic mass is 16.6. The van der Waals surface area contributed by atoms with Gasteiger partial charge in [-0.25, -0.2) is 0 Å². The fraction of sp³-hybridized carbons (Fsp3) is 0.100. The number of Topliss-reactive ketones (excluding diaryl/α,β-unsaturated/α-hetero) is 1. The standard InChI is InChI=1S/C20H16N2O4/c1-15(23)18-9-4-16(5-10-18)3-2-14-21-20(24)13-8-17-6-11-19(12-7-17)22(25)26/h4-13H,14H2,1H3,(H,21,24)/b13-8+. The number of hydrogen-bond donors (Lipinski definition) is 1. The van der Waals surface area contributed by atoms with E-state index in [1.807, 2.05) is 0 Å². The Hall–Kier alpha value is -3.72. The van der Waals surface area contributed by atoms with Crippen LogP contribution < -0.4 is 5.32 Å². The Balaban J connectivity index is 1.83. The zero-order valence-corrected chi connectivity index (χ0v) is 14.1. The summed E-state index contributed by atoms with van der Waals surface area (Å²) in [5, 5.41) is 13.2. The van der Waals surface area contributed by atoms with Crippen LogP contribution in [0.25, 0.3) is 6.08 Å². The summed E-state index contributed by atoms with van der Waals surface area (Å²) < 4.78 is 0. The van der Waals surface area contributed by atoms with Gasteiger partial charge < -0.3 is 5.32 Å². The number of ketones is 1. The summed E-state index contributed by atoms with van der Waals surface area (Å²) >= 11 is 0. The van der Waals surface area contributed by atoms with Gasteiger partial charge in [0.05, 0.1) is 11.5 Å². The highest BCUT2D eigenvalue weighted by molar-refractivity contribution is 5.94. The second-order valence-electron chi connectivity index (χ2n) is 5.34. The Bertz CT molecular complexity index is 902. The number of nitro groups is 1. The number of benzene rings is 2. The molecule has 0 aliphatic heterocycles. The third kappa shape index (κ3) is 5.73. The fourth-order valence-corrected chi connectivity index (χ4v) is 2.00. The van der Waals surface area contributed by atoms with E-state index in [2.05, 4.69) is 17.2 Å². The summed E-state index contributed by atoms with van der Waals surface area (Å²) in [4.78, 5) is 33.0. The molecule has 0 saturated carbocycles. The number of non-ortho nitro benzene ring substituents is 1. The smallest absolute Gasteiger partial charge is 0.269 e. The molecule has 0 fully saturated rings. The molecule has 0 saturated heterocycles. The van der Waals surface area contributed by atoms with Gasteiger partial charge in [-0.15, -0.1) is 0 Å². The number of carbonyl (C=O) groups excluding carboxylic acids is 2. The van der Waals surface area contributed by atoms with Gasteiger partial charge in [-0.3, -0.25) is 19.7 Å². The molecule has 130 valence electrons. The van der Waals surface area contributed by atoms with Gasteiger partial charge in [-0.05, 0) is 42.8 Å². The first-order valence-corrected chi connectivity index (χ1v) is 7.76. The summed E-state index contributed by atoms with van der Waals surface area (Å²) in [6.45, 7) is 1.68. The molecule has 2 aromatic rings. The van der Waals surface area contributed by atoms with E-state index >= 15 is 0 Å². The number of carbonyl (C=O) groups is 2. The topological polar surface area (TPSA) is 89.3 Å². The lowest BCUT2D eigenvalue weighted by molar-refractivity contribution is -0.384. The zero-order valence-electron chi connectivity index (χ0n) is 14.1. The molecule has 0 atom stereocenters. The molecule has 1 N–H and O–H groups in total. The molecule has 2 aromatic carbocycles. The molecule has 2 rings (SSSR count). The number of amides is 1. The molecule has 0 spiro atoms. The Morgan fingerprint density at radius 1 is 1.12 bits per heavy atom. The number of nitro benzene ring substituents is 1. The summed E-state index contributed by atoms with van der Waals surface area (Å²) in [6, 6.07) is 12.8. The van der Waals surface area contributed by atoms with Crippen LogP contribution in [0, 0.1) is 22.0 Å². The van der Waals surface area contributed by atoms with E-state index in [0.717, 1.165) is 5.56 Å². The number of nitrogens with zero attached hydrogens (tertiary/aromatic N) is 1. The van der Waals surface area contributed by atoms with Crippen LogP contribution in [0.4, 0.5) is 5.69 Å². The molecule has 0 heterocycles. The summed E-state index contributed by atoms with van der Waals surface area (Å²) in [5.74, 6) is 5.40. The number of rotatable bonds is 5. The van der Waals surface area contributed by atoms with E-state index in [1.54, 1.807) is 42.5 Å². The van der Waals surface area contributed by atoms with Crippen LogP contribution in [0.5, 0.6) is 0 Å². The van der Waals surface area contributed by atoms with Gasteiger partial charge in [0.1, 0.15) is 0 Å². The van der Waals surface area contributed by atoms with Crippen LogP contribution in [0.3, 0.4) is 0 Å². The molecule has 0 aromatic heterocycles. The summed E-state index contributed by atoms with van der Waals surface area (Å²) in [5.41, 5.74) is 2.06. The third-order valence-electron chi connectivity index (χ3n) is 3.41. The van der Waals surface area contributed by atoms with Crippen molar-refractivity contribution in [2.75, 3.05) is 6.54 Å². The van der Waals surface area contributed by atoms with Crippen LogP contribution in [0.2, 0.25) is 0 Å². The Kier molecular flexibility index (Phi) is 6.40. The molecule has 0 radical (unpaired) electrons.